The molecule has 4 heteroatoms. The van der Waals surface area contributed by atoms with Gasteiger partial charge in [0.1, 0.15) is 6.10 Å². The summed E-state index contributed by atoms with van der Waals surface area (Å²) in [5.74, 6) is -0.771. The topological polar surface area (TPSA) is 63.6 Å². The van der Waals surface area contributed by atoms with E-state index in [0.29, 0.717) is 6.42 Å². The Morgan fingerprint density at radius 1 is 0.479 bits per heavy atom. The molecular weight excluding hydrogens is 592 g/mol. The molecule has 0 bridgehead atoms. The summed E-state index contributed by atoms with van der Waals surface area (Å²) in [6, 6.07) is 0. The zero-order valence-electron chi connectivity index (χ0n) is 31.3. The number of carbonyl (C=O) groups is 2. The molecule has 0 aliphatic rings. The summed E-state index contributed by atoms with van der Waals surface area (Å²) in [6.07, 6.45) is 54.9. The van der Waals surface area contributed by atoms with Crippen LogP contribution in [0.2, 0.25) is 0 Å². The van der Waals surface area contributed by atoms with Gasteiger partial charge in [0.15, 0.2) is 0 Å². The average Bonchev–Trinajstić information content (AvgIpc) is 3.07. The number of carboxylic acid groups (broad SMARTS) is 1. The lowest BCUT2D eigenvalue weighted by molar-refractivity contribution is -0.149. The number of carbonyl (C=O) groups excluding carboxylic acids is 1. The maximum atomic E-state index is 12.6. The van der Waals surface area contributed by atoms with Gasteiger partial charge in [-0.2, -0.15) is 0 Å². The number of unbranched alkanes of at least 4 members (excludes halogenated alkanes) is 14. The second-order valence-corrected chi connectivity index (χ2v) is 13.1. The van der Waals surface area contributed by atoms with Gasteiger partial charge in [-0.25, -0.2) is 0 Å². The van der Waals surface area contributed by atoms with Crippen LogP contribution >= 0.6 is 0 Å². The third kappa shape index (κ3) is 37.8. The molecule has 0 saturated carbocycles. The van der Waals surface area contributed by atoms with Crippen molar-refractivity contribution in [2.75, 3.05) is 0 Å². The van der Waals surface area contributed by atoms with Gasteiger partial charge in [-0.1, -0.05) is 170 Å². The number of hydrogen-bond acceptors (Lipinski definition) is 3. The van der Waals surface area contributed by atoms with Gasteiger partial charge >= 0.3 is 11.9 Å². The summed E-state index contributed by atoms with van der Waals surface area (Å²) in [4.78, 5) is 23.3. The van der Waals surface area contributed by atoms with Gasteiger partial charge in [0.2, 0.25) is 0 Å². The van der Waals surface area contributed by atoms with Crippen LogP contribution in [0.3, 0.4) is 0 Å². The van der Waals surface area contributed by atoms with Gasteiger partial charge in [-0.3, -0.25) is 9.59 Å². The number of esters is 1. The van der Waals surface area contributed by atoms with Crippen LogP contribution in [0.4, 0.5) is 0 Å². The monoisotopic (exact) mass is 667 g/mol. The molecule has 1 unspecified atom stereocenters. The zero-order valence-corrected chi connectivity index (χ0v) is 31.3. The quantitative estimate of drug-likeness (QED) is 0.0415. The van der Waals surface area contributed by atoms with E-state index in [0.717, 1.165) is 103 Å². The van der Waals surface area contributed by atoms with E-state index in [1.54, 1.807) is 0 Å². The smallest absolute Gasteiger partial charge is 0.306 e. The van der Waals surface area contributed by atoms with Crippen LogP contribution in [0.15, 0.2) is 72.9 Å². The number of allylic oxidation sites excluding steroid dienone is 12. The summed E-state index contributed by atoms with van der Waals surface area (Å²) in [6.45, 7) is 4.42. The van der Waals surface area contributed by atoms with Crippen molar-refractivity contribution in [2.24, 2.45) is 0 Å². The number of rotatable bonds is 35. The van der Waals surface area contributed by atoms with E-state index >= 15 is 0 Å². The lowest BCUT2D eigenvalue weighted by Gasteiger charge is -2.18. The van der Waals surface area contributed by atoms with E-state index in [9.17, 15) is 9.59 Å². The highest BCUT2D eigenvalue weighted by atomic mass is 16.5. The average molecular weight is 667 g/mol. The minimum Gasteiger partial charge on any atom is -0.481 e. The van der Waals surface area contributed by atoms with Crippen molar-refractivity contribution in [1.29, 1.82) is 0 Å². The maximum absolute atomic E-state index is 12.6. The Morgan fingerprint density at radius 3 is 1.27 bits per heavy atom. The van der Waals surface area contributed by atoms with Gasteiger partial charge in [0.05, 0.1) is 0 Å². The van der Waals surface area contributed by atoms with E-state index in [1.165, 1.54) is 57.8 Å². The first kappa shape index (κ1) is 45.4. The van der Waals surface area contributed by atoms with Crippen molar-refractivity contribution in [3.63, 3.8) is 0 Å². The van der Waals surface area contributed by atoms with Crippen molar-refractivity contribution < 1.29 is 19.4 Å². The van der Waals surface area contributed by atoms with E-state index < -0.39 is 5.97 Å². The predicted octanol–water partition coefficient (Wildman–Crippen LogP) is 13.9. The predicted molar refractivity (Wildman–Crippen MR) is 208 cm³/mol. The number of hydrogen-bond donors (Lipinski definition) is 1. The highest BCUT2D eigenvalue weighted by Crippen LogP contribution is 2.18. The molecule has 1 N–H and O–H groups in total. The second kappa shape index (κ2) is 38.8. The molecule has 1 atom stereocenters. The highest BCUT2D eigenvalue weighted by Gasteiger charge is 2.14. The first-order valence-corrected chi connectivity index (χ1v) is 19.9. The second-order valence-electron chi connectivity index (χ2n) is 13.1. The van der Waals surface area contributed by atoms with Gasteiger partial charge in [0, 0.05) is 12.8 Å². The third-order valence-corrected chi connectivity index (χ3v) is 8.46. The molecule has 0 heterocycles. The molecule has 0 aromatic carbocycles. The van der Waals surface area contributed by atoms with Crippen molar-refractivity contribution in [3.05, 3.63) is 72.9 Å². The van der Waals surface area contributed by atoms with Crippen LogP contribution in [-0.2, 0) is 14.3 Å². The standard InChI is InChI=1S/C44H74O4/c1-3-5-7-9-11-13-15-16-17-18-19-20-21-22-23-25-27-33-37-41-44(47)48-42(39-35-31-28-29-32-36-40-43(45)46)38-34-30-26-24-14-12-10-8-6-4-2/h5,7,11,13,16-17,19-20,22-23,27,33,42H,3-4,6,8-10,12,14-15,18,21,24-26,28-32,34-41H2,1-2H3,(H,45,46)/b7-5-,13-11-,17-16-,20-19-,23-22-,33-27-. The molecule has 274 valence electrons. The number of ether oxygens (including phenoxy) is 1. The van der Waals surface area contributed by atoms with E-state index in [2.05, 4.69) is 86.8 Å². The van der Waals surface area contributed by atoms with E-state index in [-0.39, 0.29) is 18.5 Å². The van der Waals surface area contributed by atoms with Gasteiger partial charge in [-0.05, 0) is 77.0 Å². The molecular formula is C44H74O4. The van der Waals surface area contributed by atoms with Crippen LogP contribution in [0.25, 0.3) is 0 Å². The van der Waals surface area contributed by atoms with E-state index in [4.69, 9.17) is 9.84 Å². The van der Waals surface area contributed by atoms with Crippen molar-refractivity contribution in [1.82, 2.24) is 0 Å². The Kier molecular flexibility index (Phi) is 36.7. The van der Waals surface area contributed by atoms with E-state index in [1.807, 2.05) is 0 Å². The van der Waals surface area contributed by atoms with Crippen LogP contribution in [0.1, 0.15) is 187 Å². The molecule has 48 heavy (non-hydrogen) atoms. The molecule has 0 radical (unpaired) electrons. The molecule has 0 spiro atoms. The normalized spacial score (nSPS) is 13.0. The van der Waals surface area contributed by atoms with Crippen LogP contribution in [0.5, 0.6) is 0 Å². The minimum absolute atomic E-state index is 0.0313. The van der Waals surface area contributed by atoms with Gasteiger partial charge < -0.3 is 9.84 Å². The highest BCUT2D eigenvalue weighted by molar-refractivity contribution is 5.69. The van der Waals surface area contributed by atoms with Crippen LogP contribution < -0.4 is 0 Å². The lowest BCUT2D eigenvalue weighted by Crippen LogP contribution is -2.18. The summed E-state index contributed by atoms with van der Waals surface area (Å²) in [5, 5.41) is 8.79. The molecule has 0 amide bonds. The fourth-order valence-electron chi connectivity index (χ4n) is 5.56. The number of aliphatic carboxylic acids is 1. The molecule has 0 aliphatic heterocycles. The molecule has 4 nitrogen and oxygen atoms in total. The minimum atomic E-state index is -0.701. The molecule has 0 saturated heterocycles. The molecule has 0 rings (SSSR count). The molecule has 0 aromatic rings. The van der Waals surface area contributed by atoms with Crippen molar-refractivity contribution >= 4 is 11.9 Å². The lowest BCUT2D eigenvalue weighted by atomic mass is 10.0. The molecule has 0 aliphatic carbocycles. The summed E-state index contributed by atoms with van der Waals surface area (Å²) < 4.78 is 5.97. The van der Waals surface area contributed by atoms with Crippen LogP contribution in [-0.4, -0.2) is 23.1 Å². The largest absolute Gasteiger partial charge is 0.481 e. The summed E-state index contributed by atoms with van der Waals surface area (Å²) >= 11 is 0. The first-order chi connectivity index (χ1) is 23.6. The van der Waals surface area contributed by atoms with Gasteiger partial charge in [-0.15, -0.1) is 0 Å². The first-order valence-electron chi connectivity index (χ1n) is 19.9. The third-order valence-electron chi connectivity index (χ3n) is 8.46. The van der Waals surface area contributed by atoms with Crippen molar-refractivity contribution in [2.45, 2.75) is 193 Å². The molecule has 0 aromatic heterocycles. The Labute approximate surface area is 297 Å². The maximum Gasteiger partial charge on any atom is 0.306 e. The summed E-state index contributed by atoms with van der Waals surface area (Å²) in [7, 11) is 0. The SMILES string of the molecule is CC/C=C\C/C=C\C/C=C\C/C=C\C/C=C\C/C=C\CCC(=O)OC(CCCCCCCCCCCC)CCCCCCCCC(=O)O. The fourth-order valence-corrected chi connectivity index (χ4v) is 5.56. The Morgan fingerprint density at radius 2 is 0.854 bits per heavy atom. The van der Waals surface area contributed by atoms with Crippen molar-refractivity contribution in [3.8, 4) is 0 Å². The Bertz CT molecular complexity index is 892. The Balaban J connectivity index is 4.20. The number of carboxylic acids is 1. The van der Waals surface area contributed by atoms with Gasteiger partial charge in [0.25, 0.3) is 0 Å². The zero-order chi connectivity index (χ0) is 35.0. The fraction of sp³-hybridized carbons (Fsp3) is 0.682. The molecule has 0 fully saturated rings. The summed E-state index contributed by atoms with van der Waals surface area (Å²) in [5.41, 5.74) is 0. The Hall–Kier alpha value is -2.62. The van der Waals surface area contributed by atoms with Crippen LogP contribution in [0, 0.1) is 0 Å².